The lowest BCUT2D eigenvalue weighted by Crippen LogP contribution is -2.27. The highest BCUT2D eigenvalue weighted by Gasteiger charge is 2.13. The Morgan fingerprint density at radius 2 is 1.67 bits per heavy atom. The number of nitrogens with two attached hydrogens (primary N) is 1. The van der Waals surface area contributed by atoms with Crippen molar-refractivity contribution in [2.75, 3.05) is 12.3 Å². The quantitative estimate of drug-likeness (QED) is 0.717. The highest BCUT2D eigenvalue weighted by Crippen LogP contribution is 2.09. The van der Waals surface area contributed by atoms with Gasteiger partial charge in [-0.3, -0.25) is 0 Å². The lowest BCUT2D eigenvalue weighted by molar-refractivity contribution is 0.576. The summed E-state index contributed by atoms with van der Waals surface area (Å²) in [6, 6.07) is 6.38. The van der Waals surface area contributed by atoms with E-state index < -0.39 is 20.0 Å². The molecule has 0 fully saturated rings. The fraction of sp³-hybridized carbons (Fsp3) is 0.400. The molecular formula is C10H16N2O4S2. The van der Waals surface area contributed by atoms with Crippen molar-refractivity contribution in [1.29, 1.82) is 0 Å². The van der Waals surface area contributed by atoms with Crippen molar-refractivity contribution in [2.45, 2.75) is 18.2 Å². The van der Waals surface area contributed by atoms with E-state index in [0.717, 1.165) is 5.56 Å². The third-order valence-electron chi connectivity index (χ3n) is 2.23. The average molecular weight is 292 g/mol. The van der Waals surface area contributed by atoms with Crippen LogP contribution in [0.1, 0.15) is 12.0 Å². The number of rotatable bonds is 6. The van der Waals surface area contributed by atoms with Gasteiger partial charge < -0.3 is 0 Å². The number of hydrogen-bond acceptors (Lipinski definition) is 4. The fourth-order valence-electron chi connectivity index (χ4n) is 1.28. The van der Waals surface area contributed by atoms with Crippen LogP contribution in [0, 0.1) is 6.92 Å². The van der Waals surface area contributed by atoms with Crippen LogP contribution in [-0.2, 0) is 20.0 Å². The van der Waals surface area contributed by atoms with E-state index in [-0.39, 0.29) is 23.6 Å². The number of aryl methyl sites for hydroxylation is 1. The van der Waals surface area contributed by atoms with Gasteiger partial charge in [0.25, 0.3) is 0 Å². The van der Waals surface area contributed by atoms with Gasteiger partial charge in [-0.2, -0.15) is 0 Å². The zero-order chi connectivity index (χ0) is 13.8. The van der Waals surface area contributed by atoms with Gasteiger partial charge in [0.2, 0.25) is 20.0 Å². The maximum atomic E-state index is 11.8. The minimum Gasteiger partial charge on any atom is -0.229 e. The summed E-state index contributed by atoms with van der Waals surface area (Å²) in [6.07, 6.45) is 0.143. The number of nitrogens with one attached hydrogen (secondary N) is 1. The molecule has 0 amide bonds. The minimum absolute atomic E-state index is 0.0344. The molecule has 1 rings (SSSR count). The first-order valence-corrected chi connectivity index (χ1v) is 8.47. The summed E-state index contributed by atoms with van der Waals surface area (Å²) in [5.74, 6) is -0.247. The van der Waals surface area contributed by atoms with Crippen LogP contribution in [0.3, 0.4) is 0 Å². The van der Waals surface area contributed by atoms with Gasteiger partial charge in [-0.15, -0.1) is 0 Å². The standard InChI is InChI=1S/C10H16N2O4S2/c1-9-3-5-10(6-4-9)18(15,16)12-7-2-8-17(11,13)14/h3-6,12H,2,7-8H2,1H3,(H2,11,13,14). The average Bonchev–Trinajstić information content (AvgIpc) is 2.24. The van der Waals surface area contributed by atoms with E-state index >= 15 is 0 Å². The van der Waals surface area contributed by atoms with Crippen LogP contribution in [0.25, 0.3) is 0 Å². The third kappa shape index (κ3) is 5.13. The molecule has 0 bridgehead atoms. The molecular weight excluding hydrogens is 276 g/mol. The Morgan fingerprint density at radius 1 is 1.11 bits per heavy atom. The molecule has 0 aliphatic heterocycles. The summed E-state index contributed by atoms with van der Waals surface area (Å²) in [5, 5.41) is 4.81. The van der Waals surface area contributed by atoms with Gasteiger partial charge in [0.05, 0.1) is 10.6 Å². The van der Waals surface area contributed by atoms with Crippen LogP contribution >= 0.6 is 0 Å². The first kappa shape index (κ1) is 15.1. The summed E-state index contributed by atoms with van der Waals surface area (Å²) in [7, 11) is -7.13. The number of primary sulfonamides is 1. The van der Waals surface area contributed by atoms with Crippen molar-refractivity contribution in [3.8, 4) is 0 Å². The smallest absolute Gasteiger partial charge is 0.229 e. The van der Waals surface area contributed by atoms with Crippen molar-refractivity contribution < 1.29 is 16.8 Å². The molecule has 0 aliphatic carbocycles. The van der Waals surface area contributed by atoms with Crippen molar-refractivity contribution in [2.24, 2.45) is 5.14 Å². The molecule has 8 heteroatoms. The van der Waals surface area contributed by atoms with Crippen LogP contribution in [0.5, 0.6) is 0 Å². The Bertz CT molecular complexity index is 591. The van der Waals surface area contributed by atoms with Crippen molar-refractivity contribution in [3.63, 3.8) is 0 Å². The molecule has 0 spiro atoms. The molecule has 1 aromatic carbocycles. The second kappa shape index (κ2) is 5.79. The lowest BCUT2D eigenvalue weighted by Gasteiger charge is -2.06. The topological polar surface area (TPSA) is 106 Å². The Balaban J connectivity index is 2.58. The Morgan fingerprint density at radius 3 is 2.17 bits per heavy atom. The Hall–Kier alpha value is -0.960. The highest BCUT2D eigenvalue weighted by atomic mass is 32.2. The van der Waals surface area contributed by atoms with Gasteiger partial charge in [-0.05, 0) is 25.5 Å². The van der Waals surface area contributed by atoms with Crippen LogP contribution in [-0.4, -0.2) is 29.1 Å². The molecule has 102 valence electrons. The van der Waals surface area contributed by atoms with E-state index in [1.54, 1.807) is 12.1 Å². The van der Waals surface area contributed by atoms with Gasteiger partial charge in [-0.1, -0.05) is 17.7 Å². The van der Waals surface area contributed by atoms with E-state index in [9.17, 15) is 16.8 Å². The molecule has 0 heterocycles. The second-order valence-electron chi connectivity index (χ2n) is 3.93. The van der Waals surface area contributed by atoms with E-state index in [2.05, 4.69) is 4.72 Å². The van der Waals surface area contributed by atoms with Gasteiger partial charge in [-0.25, -0.2) is 26.7 Å². The maximum absolute atomic E-state index is 11.8. The van der Waals surface area contributed by atoms with Crippen LogP contribution in [0.15, 0.2) is 29.2 Å². The molecule has 1 aromatic rings. The molecule has 0 aliphatic rings. The van der Waals surface area contributed by atoms with E-state index in [4.69, 9.17) is 5.14 Å². The molecule has 0 unspecified atom stereocenters. The van der Waals surface area contributed by atoms with E-state index in [0.29, 0.717) is 0 Å². The van der Waals surface area contributed by atoms with Crippen LogP contribution in [0.4, 0.5) is 0 Å². The van der Waals surface area contributed by atoms with E-state index in [1.807, 2.05) is 6.92 Å². The minimum atomic E-state index is -3.58. The normalized spacial score (nSPS) is 12.6. The summed E-state index contributed by atoms with van der Waals surface area (Å²) in [5.41, 5.74) is 0.961. The summed E-state index contributed by atoms with van der Waals surface area (Å²) in [4.78, 5) is 0.156. The molecule has 6 nitrogen and oxygen atoms in total. The van der Waals surface area contributed by atoms with Gasteiger partial charge in [0.1, 0.15) is 0 Å². The zero-order valence-corrected chi connectivity index (χ0v) is 11.6. The fourth-order valence-corrected chi connectivity index (χ4v) is 2.90. The van der Waals surface area contributed by atoms with Crippen molar-refractivity contribution in [1.82, 2.24) is 4.72 Å². The maximum Gasteiger partial charge on any atom is 0.240 e. The van der Waals surface area contributed by atoms with Gasteiger partial charge in [0.15, 0.2) is 0 Å². The Labute approximate surface area is 107 Å². The predicted molar refractivity (Wildman–Crippen MR) is 69.0 cm³/mol. The monoisotopic (exact) mass is 292 g/mol. The highest BCUT2D eigenvalue weighted by molar-refractivity contribution is 7.89. The number of benzene rings is 1. The first-order chi connectivity index (χ1) is 8.21. The van der Waals surface area contributed by atoms with Crippen molar-refractivity contribution >= 4 is 20.0 Å². The van der Waals surface area contributed by atoms with E-state index in [1.165, 1.54) is 12.1 Å². The third-order valence-corrected chi connectivity index (χ3v) is 4.56. The molecule has 0 saturated carbocycles. The van der Waals surface area contributed by atoms with Crippen LogP contribution < -0.4 is 9.86 Å². The summed E-state index contributed by atoms with van der Waals surface area (Å²) < 4.78 is 47.2. The first-order valence-electron chi connectivity index (χ1n) is 5.27. The summed E-state index contributed by atoms with van der Waals surface area (Å²) in [6.45, 7) is 1.89. The predicted octanol–water partition coefficient (Wildman–Crippen LogP) is -0.0481. The van der Waals surface area contributed by atoms with Gasteiger partial charge in [0, 0.05) is 6.54 Å². The molecule has 0 saturated heterocycles. The number of sulfonamides is 2. The van der Waals surface area contributed by atoms with Crippen LogP contribution in [0.2, 0.25) is 0 Å². The second-order valence-corrected chi connectivity index (χ2v) is 7.43. The molecule has 18 heavy (non-hydrogen) atoms. The summed E-state index contributed by atoms with van der Waals surface area (Å²) >= 11 is 0. The van der Waals surface area contributed by atoms with Gasteiger partial charge >= 0.3 is 0 Å². The lowest BCUT2D eigenvalue weighted by atomic mass is 10.2. The zero-order valence-electron chi connectivity index (χ0n) is 9.96. The molecule has 0 aromatic heterocycles. The Kier molecular flexibility index (Phi) is 4.85. The largest absolute Gasteiger partial charge is 0.240 e. The number of hydrogen-bond donors (Lipinski definition) is 2. The van der Waals surface area contributed by atoms with Crippen molar-refractivity contribution in [3.05, 3.63) is 29.8 Å². The molecule has 0 radical (unpaired) electrons. The molecule has 3 N–H and O–H groups in total. The SMILES string of the molecule is Cc1ccc(S(=O)(=O)NCCCS(N)(=O)=O)cc1. The molecule has 0 atom stereocenters.